The number of hydrogen-bond donors (Lipinski definition) is 1. The molecule has 16 heavy (non-hydrogen) atoms. The summed E-state index contributed by atoms with van der Waals surface area (Å²) in [6, 6.07) is 0.983. The molecular weight excluding hydrogens is 223 g/mol. The number of carboxylic acids is 1. The first-order valence-electron chi connectivity index (χ1n) is 4.38. The SMILES string of the molecule is O=C(O)c1cnc2c(c1)C=C(F)CC2(F)F. The van der Waals surface area contributed by atoms with Gasteiger partial charge in [-0.15, -0.1) is 0 Å². The Kier molecular flexibility index (Phi) is 2.22. The molecule has 0 aromatic carbocycles. The molecule has 1 aromatic rings. The maximum absolute atomic E-state index is 13.3. The van der Waals surface area contributed by atoms with Crippen LogP contribution in [0.4, 0.5) is 13.2 Å². The molecule has 1 N–H and O–H groups in total. The number of carboxylic acid groups (broad SMARTS) is 1. The second-order valence-electron chi connectivity index (χ2n) is 3.44. The van der Waals surface area contributed by atoms with Crippen LogP contribution in [0.5, 0.6) is 0 Å². The smallest absolute Gasteiger partial charge is 0.337 e. The molecule has 0 amide bonds. The van der Waals surface area contributed by atoms with Crippen molar-refractivity contribution in [3.63, 3.8) is 0 Å². The van der Waals surface area contributed by atoms with Gasteiger partial charge in [-0.05, 0) is 12.1 Å². The zero-order valence-electron chi connectivity index (χ0n) is 7.88. The number of fused-ring (bicyclic) bond motifs is 1. The second-order valence-corrected chi connectivity index (χ2v) is 3.44. The number of hydrogen-bond acceptors (Lipinski definition) is 2. The van der Waals surface area contributed by atoms with E-state index in [9.17, 15) is 18.0 Å². The van der Waals surface area contributed by atoms with Crippen molar-refractivity contribution < 1.29 is 23.1 Å². The molecule has 84 valence electrons. The van der Waals surface area contributed by atoms with Crippen LogP contribution in [0, 0.1) is 0 Å². The minimum absolute atomic E-state index is 0.186. The number of aromatic carboxylic acids is 1. The molecule has 1 heterocycles. The fourth-order valence-corrected chi connectivity index (χ4v) is 1.53. The highest BCUT2D eigenvalue weighted by Crippen LogP contribution is 2.40. The summed E-state index contributed by atoms with van der Waals surface area (Å²) in [4.78, 5) is 14.0. The van der Waals surface area contributed by atoms with Crippen LogP contribution in [-0.2, 0) is 5.92 Å². The average molecular weight is 229 g/mol. The molecule has 1 aliphatic carbocycles. The molecule has 0 unspecified atom stereocenters. The quantitative estimate of drug-likeness (QED) is 0.805. The Hall–Kier alpha value is -1.85. The molecule has 0 atom stereocenters. The topological polar surface area (TPSA) is 50.2 Å². The van der Waals surface area contributed by atoms with Gasteiger partial charge in [-0.1, -0.05) is 0 Å². The molecule has 0 bridgehead atoms. The third-order valence-electron chi connectivity index (χ3n) is 2.21. The third-order valence-corrected chi connectivity index (χ3v) is 2.21. The van der Waals surface area contributed by atoms with Gasteiger partial charge in [-0.2, -0.15) is 8.78 Å². The zero-order chi connectivity index (χ0) is 11.9. The van der Waals surface area contributed by atoms with Gasteiger partial charge in [0.15, 0.2) is 0 Å². The third kappa shape index (κ3) is 1.66. The minimum atomic E-state index is -3.38. The number of pyridine rings is 1. The number of alkyl halides is 2. The van der Waals surface area contributed by atoms with Crippen LogP contribution in [0.1, 0.15) is 28.0 Å². The van der Waals surface area contributed by atoms with Gasteiger partial charge in [0.2, 0.25) is 0 Å². The molecule has 0 aliphatic heterocycles. The average Bonchev–Trinajstić information content (AvgIpc) is 2.14. The van der Waals surface area contributed by atoms with E-state index in [4.69, 9.17) is 5.11 Å². The van der Waals surface area contributed by atoms with Crippen molar-refractivity contribution in [2.45, 2.75) is 12.3 Å². The van der Waals surface area contributed by atoms with Gasteiger partial charge in [0, 0.05) is 11.8 Å². The van der Waals surface area contributed by atoms with E-state index in [-0.39, 0.29) is 11.1 Å². The Morgan fingerprint density at radius 2 is 2.19 bits per heavy atom. The number of nitrogens with zero attached hydrogens (tertiary/aromatic N) is 1. The molecule has 2 rings (SSSR count). The van der Waals surface area contributed by atoms with Gasteiger partial charge in [-0.3, -0.25) is 4.98 Å². The second kappa shape index (κ2) is 3.33. The Balaban J connectivity index is 2.60. The maximum Gasteiger partial charge on any atom is 0.337 e. The van der Waals surface area contributed by atoms with Gasteiger partial charge < -0.3 is 5.11 Å². The summed E-state index contributed by atoms with van der Waals surface area (Å²) in [5.41, 5.74) is -1.02. The maximum atomic E-state index is 13.3. The highest BCUT2D eigenvalue weighted by atomic mass is 19.3. The van der Waals surface area contributed by atoms with E-state index in [2.05, 4.69) is 4.98 Å². The van der Waals surface area contributed by atoms with Crippen LogP contribution in [0.15, 0.2) is 18.1 Å². The lowest BCUT2D eigenvalue weighted by atomic mass is 9.97. The van der Waals surface area contributed by atoms with Gasteiger partial charge >= 0.3 is 5.97 Å². The number of rotatable bonds is 1. The van der Waals surface area contributed by atoms with E-state index < -0.39 is 29.8 Å². The lowest BCUT2D eigenvalue weighted by Gasteiger charge is -2.21. The summed E-state index contributed by atoms with van der Waals surface area (Å²) < 4.78 is 39.5. The summed E-state index contributed by atoms with van der Waals surface area (Å²) in [5.74, 6) is -5.66. The van der Waals surface area contributed by atoms with E-state index in [1.807, 2.05) is 0 Å². The lowest BCUT2D eigenvalue weighted by Crippen LogP contribution is -2.21. The van der Waals surface area contributed by atoms with E-state index in [1.165, 1.54) is 0 Å². The van der Waals surface area contributed by atoms with Crippen LogP contribution >= 0.6 is 0 Å². The predicted molar refractivity (Wildman–Crippen MR) is 48.8 cm³/mol. The van der Waals surface area contributed by atoms with Gasteiger partial charge in [0.25, 0.3) is 5.92 Å². The van der Waals surface area contributed by atoms with Crippen molar-refractivity contribution in [2.24, 2.45) is 0 Å². The Morgan fingerprint density at radius 3 is 2.81 bits per heavy atom. The molecular formula is C10H6F3NO2. The van der Waals surface area contributed by atoms with Crippen LogP contribution in [0.2, 0.25) is 0 Å². The first-order chi connectivity index (χ1) is 7.40. The molecule has 0 saturated carbocycles. The van der Waals surface area contributed by atoms with Crippen LogP contribution < -0.4 is 0 Å². The van der Waals surface area contributed by atoms with E-state index >= 15 is 0 Å². The van der Waals surface area contributed by atoms with E-state index in [0.717, 1.165) is 18.3 Å². The van der Waals surface area contributed by atoms with Gasteiger partial charge in [0.05, 0.1) is 12.0 Å². The Morgan fingerprint density at radius 1 is 1.50 bits per heavy atom. The molecule has 6 heteroatoms. The van der Waals surface area contributed by atoms with Gasteiger partial charge in [-0.25, -0.2) is 9.18 Å². The summed E-state index contributed by atoms with van der Waals surface area (Å²) in [6.45, 7) is 0. The highest BCUT2D eigenvalue weighted by molar-refractivity contribution is 5.88. The Labute approximate surface area is 88.2 Å². The van der Waals surface area contributed by atoms with Crippen molar-refractivity contribution in [1.29, 1.82) is 0 Å². The molecule has 1 aliphatic rings. The summed E-state index contributed by atoms with van der Waals surface area (Å²) in [7, 11) is 0. The van der Waals surface area contributed by atoms with Crippen molar-refractivity contribution in [1.82, 2.24) is 4.98 Å². The number of aromatic nitrogens is 1. The molecule has 0 radical (unpaired) electrons. The van der Waals surface area contributed by atoms with Gasteiger partial charge in [0.1, 0.15) is 11.5 Å². The molecule has 3 nitrogen and oxygen atoms in total. The lowest BCUT2D eigenvalue weighted by molar-refractivity contribution is -0.0148. The fourth-order valence-electron chi connectivity index (χ4n) is 1.53. The highest BCUT2D eigenvalue weighted by Gasteiger charge is 2.39. The molecule has 0 fully saturated rings. The summed E-state index contributed by atoms with van der Waals surface area (Å²) in [6.07, 6.45) is 0.692. The van der Waals surface area contributed by atoms with Crippen LogP contribution in [-0.4, -0.2) is 16.1 Å². The molecule has 0 spiro atoms. The largest absolute Gasteiger partial charge is 0.478 e. The van der Waals surface area contributed by atoms with Crippen molar-refractivity contribution in [2.75, 3.05) is 0 Å². The van der Waals surface area contributed by atoms with E-state index in [0.29, 0.717) is 0 Å². The van der Waals surface area contributed by atoms with Crippen LogP contribution in [0.25, 0.3) is 6.08 Å². The first kappa shape index (κ1) is 10.7. The van der Waals surface area contributed by atoms with Crippen molar-refractivity contribution >= 4 is 12.0 Å². The first-order valence-corrected chi connectivity index (χ1v) is 4.38. The van der Waals surface area contributed by atoms with Crippen molar-refractivity contribution in [3.8, 4) is 0 Å². The van der Waals surface area contributed by atoms with E-state index in [1.54, 1.807) is 0 Å². The normalized spacial score (nSPS) is 17.6. The monoisotopic (exact) mass is 229 g/mol. The number of allylic oxidation sites excluding steroid dienone is 1. The Bertz CT molecular complexity index is 497. The standard InChI is InChI=1S/C10H6F3NO2/c11-7-2-5-1-6(9(15)16)4-14-8(5)10(12,13)3-7/h1-2,4H,3H2,(H,15,16). The van der Waals surface area contributed by atoms with Crippen LogP contribution in [0.3, 0.4) is 0 Å². The molecule has 0 saturated heterocycles. The number of halogens is 3. The molecule has 1 aromatic heterocycles. The zero-order valence-corrected chi connectivity index (χ0v) is 7.88. The van der Waals surface area contributed by atoms with Crippen molar-refractivity contribution in [3.05, 3.63) is 34.9 Å². The minimum Gasteiger partial charge on any atom is -0.478 e. The predicted octanol–water partition coefficient (Wildman–Crippen LogP) is 2.59. The summed E-state index contributed by atoms with van der Waals surface area (Å²) >= 11 is 0. The number of carbonyl (C=O) groups is 1. The summed E-state index contributed by atoms with van der Waals surface area (Å²) in [5, 5.41) is 8.64. The fraction of sp³-hybridized carbons (Fsp3) is 0.200.